The van der Waals surface area contributed by atoms with Gasteiger partial charge in [0.25, 0.3) is 0 Å². The molecule has 12 heteroatoms. The summed E-state index contributed by atoms with van der Waals surface area (Å²) in [4.78, 5) is 31.5. The molecular formula is C34H49ClN4O6S. The van der Waals surface area contributed by atoms with Crippen LogP contribution in [-0.2, 0) is 26.2 Å². The van der Waals surface area contributed by atoms with Gasteiger partial charge in [-0.05, 0) is 99.0 Å². The molecule has 3 aliphatic rings. The Hall–Kier alpha value is -2.86. The number of rotatable bonds is 12. The summed E-state index contributed by atoms with van der Waals surface area (Å²) in [7, 11) is -3.33. The number of carbonyl (C=O) groups is 2. The lowest BCUT2D eigenvalue weighted by Crippen LogP contribution is -2.69. The molecule has 2 aromatic carbocycles. The number of sulfonamides is 1. The number of amides is 2. The van der Waals surface area contributed by atoms with Crippen LogP contribution < -0.4 is 14.8 Å². The molecule has 10 nitrogen and oxygen atoms in total. The van der Waals surface area contributed by atoms with Gasteiger partial charge in [-0.15, -0.1) is 12.4 Å². The monoisotopic (exact) mass is 676 g/mol. The van der Waals surface area contributed by atoms with Gasteiger partial charge in [0.05, 0.1) is 12.4 Å². The SMILES string of the molecule is CCCCN1C(=O)[C@@H](C(O)C2CCCCC2)NC(=O)C1C1CCN(Cc2ccc(Oc3ccc(NS(C)(=O)=O)cc3)cc2)CC1.Cl. The average molecular weight is 677 g/mol. The minimum Gasteiger partial charge on any atom is -0.457 e. The van der Waals surface area contributed by atoms with Gasteiger partial charge in [-0.3, -0.25) is 19.2 Å². The number of nitrogens with zero attached hydrogens (tertiary/aromatic N) is 2. The Morgan fingerprint density at radius 1 is 0.957 bits per heavy atom. The number of carbonyl (C=O) groups excluding carboxylic acids is 2. The number of hydrogen-bond donors (Lipinski definition) is 3. The largest absolute Gasteiger partial charge is 0.457 e. The molecule has 2 saturated heterocycles. The normalized spacial score (nSPS) is 22.5. The second kappa shape index (κ2) is 16.3. The summed E-state index contributed by atoms with van der Waals surface area (Å²) in [6, 6.07) is 13.4. The highest BCUT2D eigenvalue weighted by Crippen LogP contribution is 2.33. The number of aliphatic hydroxyl groups is 1. The van der Waals surface area contributed by atoms with Crippen molar-refractivity contribution in [3.8, 4) is 11.5 Å². The van der Waals surface area contributed by atoms with Crippen molar-refractivity contribution < 1.29 is 27.9 Å². The van der Waals surface area contributed by atoms with Gasteiger partial charge in [-0.2, -0.15) is 0 Å². The molecule has 5 rings (SSSR count). The molecule has 2 aromatic rings. The number of nitrogens with one attached hydrogen (secondary N) is 2. The van der Waals surface area contributed by atoms with E-state index in [0.717, 1.165) is 82.8 Å². The smallest absolute Gasteiger partial charge is 0.248 e. The number of piperazine rings is 1. The standard InChI is InChI=1S/C34H48N4O6S.ClH/c1-3-4-20-38-31(33(40)35-30(34(38)41)32(39)26-8-6-5-7-9-26)25-18-21-37(22-19-25)23-24-10-14-28(15-11-24)44-29-16-12-27(13-17-29)36-45(2,42)43;/h10-17,25-26,30-32,36,39H,3-9,18-23H2,1-2H3,(H,35,40);1H/t30-,31?,32?;/m1./s1. The molecule has 2 unspecified atom stereocenters. The van der Waals surface area contributed by atoms with E-state index >= 15 is 0 Å². The second-order valence-corrected chi connectivity index (χ2v) is 14.7. The van der Waals surface area contributed by atoms with Crippen LogP contribution in [0.3, 0.4) is 0 Å². The quantitative estimate of drug-likeness (QED) is 0.291. The third-order valence-corrected chi connectivity index (χ3v) is 10.1. The van der Waals surface area contributed by atoms with Crippen molar-refractivity contribution in [1.29, 1.82) is 0 Å². The summed E-state index contributed by atoms with van der Waals surface area (Å²) in [5, 5.41) is 14.1. The van der Waals surface area contributed by atoms with Crippen LogP contribution >= 0.6 is 12.4 Å². The van der Waals surface area contributed by atoms with Crippen LogP contribution in [-0.4, -0.2) is 79.2 Å². The van der Waals surface area contributed by atoms with E-state index in [4.69, 9.17) is 4.74 Å². The van der Waals surface area contributed by atoms with E-state index in [1.54, 1.807) is 29.2 Å². The van der Waals surface area contributed by atoms with Crippen LogP contribution in [0.5, 0.6) is 11.5 Å². The summed E-state index contributed by atoms with van der Waals surface area (Å²) >= 11 is 0. The Kier molecular flexibility index (Phi) is 12.8. The highest BCUT2D eigenvalue weighted by molar-refractivity contribution is 7.92. The van der Waals surface area contributed by atoms with Gasteiger partial charge in [-0.25, -0.2) is 8.42 Å². The number of ether oxygens (including phenoxy) is 1. The molecule has 1 aliphatic carbocycles. The highest BCUT2D eigenvalue weighted by atomic mass is 35.5. The molecule has 2 amide bonds. The van der Waals surface area contributed by atoms with E-state index < -0.39 is 28.2 Å². The van der Waals surface area contributed by atoms with Gasteiger partial charge in [-0.1, -0.05) is 44.7 Å². The first-order chi connectivity index (χ1) is 21.6. The lowest BCUT2D eigenvalue weighted by Gasteiger charge is -2.46. The van der Waals surface area contributed by atoms with Crippen molar-refractivity contribution in [2.45, 2.75) is 89.4 Å². The molecule has 3 atom stereocenters. The minimum absolute atomic E-state index is 0. The summed E-state index contributed by atoms with van der Waals surface area (Å²) in [6.07, 6.45) is 8.85. The number of benzene rings is 2. The van der Waals surface area contributed by atoms with E-state index in [1.807, 2.05) is 24.3 Å². The number of piperidine rings is 1. The predicted molar refractivity (Wildman–Crippen MR) is 182 cm³/mol. The number of hydrogen-bond acceptors (Lipinski definition) is 7. The molecule has 3 N–H and O–H groups in total. The Morgan fingerprint density at radius 2 is 1.57 bits per heavy atom. The van der Waals surface area contributed by atoms with Gasteiger partial charge >= 0.3 is 0 Å². The van der Waals surface area contributed by atoms with Gasteiger partial charge in [0.2, 0.25) is 21.8 Å². The Morgan fingerprint density at radius 3 is 2.15 bits per heavy atom. The molecule has 2 aliphatic heterocycles. The summed E-state index contributed by atoms with van der Waals surface area (Å²) in [5.74, 6) is 1.23. The van der Waals surface area contributed by atoms with Crippen molar-refractivity contribution >= 4 is 39.9 Å². The molecule has 254 valence electrons. The molecule has 1 saturated carbocycles. The first kappa shape index (κ1) is 36.0. The van der Waals surface area contributed by atoms with Gasteiger partial charge in [0, 0.05) is 18.8 Å². The van der Waals surface area contributed by atoms with Crippen LogP contribution in [0, 0.1) is 11.8 Å². The second-order valence-electron chi connectivity index (χ2n) is 13.0. The topological polar surface area (TPSA) is 128 Å². The third-order valence-electron chi connectivity index (χ3n) is 9.48. The molecular weight excluding hydrogens is 628 g/mol. The summed E-state index contributed by atoms with van der Waals surface area (Å²) in [6.45, 7) is 5.10. The number of halogens is 1. The van der Waals surface area contributed by atoms with Crippen molar-refractivity contribution in [3.63, 3.8) is 0 Å². The fourth-order valence-corrected chi connectivity index (χ4v) is 7.64. The van der Waals surface area contributed by atoms with Gasteiger partial charge < -0.3 is 20.1 Å². The molecule has 0 aromatic heterocycles. The molecule has 0 spiro atoms. The maximum Gasteiger partial charge on any atom is 0.248 e. The van der Waals surface area contributed by atoms with E-state index in [2.05, 4.69) is 21.9 Å². The Balaban J connectivity index is 0.00000480. The predicted octanol–water partition coefficient (Wildman–Crippen LogP) is 4.92. The van der Waals surface area contributed by atoms with Crippen LogP contribution in [0.4, 0.5) is 5.69 Å². The zero-order valence-corrected chi connectivity index (χ0v) is 28.5. The van der Waals surface area contributed by atoms with E-state index in [0.29, 0.717) is 23.7 Å². The number of unbranched alkanes of at least 4 members (excludes halogenated alkanes) is 1. The molecule has 2 heterocycles. The fraction of sp³-hybridized carbons (Fsp3) is 0.588. The first-order valence-electron chi connectivity index (χ1n) is 16.5. The molecule has 46 heavy (non-hydrogen) atoms. The van der Waals surface area contributed by atoms with Crippen LogP contribution in [0.25, 0.3) is 0 Å². The maximum atomic E-state index is 13.7. The minimum atomic E-state index is -3.33. The van der Waals surface area contributed by atoms with E-state index in [-0.39, 0.29) is 36.1 Å². The average Bonchev–Trinajstić information content (AvgIpc) is 3.03. The van der Waals surface area contributed by atoms with Crippen LogP contribution in [0.1, 0.15) is 70.3 Å². The molecule has 0 radical (unpaired) electrons. The van der Waals surface area contributed by atoms with Crippen LogP contribution in [0.2, 0.25) is 0 Å². The summed E-state index contributed by atoms with van der Waals surface area (Å²) < 4.78 is 31.2. The van der Waals surface area contributed by atoms with Crippen molar-refractivity contribution in [2.24, 2.45) is 11.8 Å². The van der Waals surface area contributed by atoms with Crippen molar-refractivity contribution in [2.75, 3.05) is 30.6 Å². The van der Waals surface area contributed by atoms with Crippen molar-refractivity contribution in [3.05, 3.63) is 54.1 Å². The Labute approximate surface area is 279 Å². The summed E-state index contributed by atoms with van der Waals surface area (Å²) in [5.41, 5.74) is 1.63. The lowest BCUT2D eigenvalue weighted by atomic mass is 9.80. The van der Waals surface area contributed by atoms with Gasteiger partial charge in [0.15, 0.2) is 0 Å². The van der Waals surface area contributed by atoms with E-state index in [1.165, 1.54) is 6.42 Å². The van der Waals surface area contributed by atoms with Crippen LogP contribution in [0.15, 0.2) is 48.5 Å². The number of aliphatic hydroxyl groups excluding tert-OH is 1. The number of likely N-dealkylation sites (tertiary alicyclic amines) is 1. The lowest BCUT2D eigenvalue weighted by molar-refractivity contribution is -0.157. The number of anilines is 1. The first-order valence-corrected chi connectivity index (χ1v) is 18.4. The van der Waals surface area contributed by atoms with E-state index in [9.17, 15) is 23.1 Å². The molecule has 3 fully saturated rings. The van der Waals surface area contributed by atoms with Gasteiger partial charge in [0.1, 0.15) is 23.6 Å². The maximum absolute atomic E-state index is 13.7. The fourth-order valence-electron chi connectivity index (χ4n) is 7.07. The zero-order chi connectivity index (χ0) is 32.0. The Bertz CT molecular complexity index is 1390. The zero-order valence-electron chi connectivity index (χ0n) is 26.9. The highest BCUT2D eigenvalue weighted by Gasteiger charge is 2.48. The molecule has 0 bridgehead atoms. The third kappa shape index (κ3) is 9.36. The van der Waals surface area contributed by atoms with Crippen molar-refractivity contribution in [1.82, 2.24) is 15.1 Å².